The van der Waals surface area contributed by atoms with Gasteiger partial charge in [-0.1, -0.05) is 311 Å². The highest BCUT2D eigenvalue weighted by Gasteiger charge is 2.30. The second kappa shape index (κ2) is 63.1. The molecule has 17 nitrogen and oxygen atoms in total. The Morgan fingerprint density at radius 2 is 0.567 bits per heavy atom. The van der Waals surface area contributed by atoms with Gasteiger partial charge in [0, 0.05) is 25.7 Å². The fraction of sp³-hybridized carbons (Fsp3) is 0.944. The Bertz CT molecular complexity index is 1750. The zero-order chi connectivity index (χ0) is 66.5. The number of phosphoric acid groups is 2. The van der Waals surface area contributed by atoms with E-state index in [4.69, 9.17) is 37.0 Å². The van der Waals surface area contributed by atoms with Crippen LogP contribution >= 0.6 is 15.6 Å². The number of unbranched alkanes of at least 4 members (excludes halogenated alkanes) is 39. The number of esters is 4. The maximum absolute atomic E-state index is 13.0. The summed E-state index contributed by atoms with van der Waals surface area (Å²) in [7, 11) is -9.90. The second-order valence-corrected chi connectivity index (χ2v) is 29.3. The van der Waals surface area contributed by atoms with Crippen molar-refractivity contribution in [2.45, 2.75) is 381 Å². The molecule has 0 aliphatic heterocycles. The van der Waals surface area contributed by atoms with Gasteiger partial charge in [-0.25, -0.2) is 9.13 Å². The highest BCUT2D eigenvalue weighted by molar-refractivity contribution is 7.47. The Kier molecular flexibility index (Phi) is 61.8. The predicted octanol–water partition coefficient (Wildman–Crippen LogP) is 20.4. The molecule has 0 aromatic heterocycles. The van der Waals surface area contributed by atoms with Crippen LogP contribution in [0.4, 0.5) is 0 Å². The number of carbonyl (C=O) groups is 4. The van der Waals surface area contributed by atoms with Crippen molar-refractivity contribution in [1.29, 1.82) is 0 Å². The third-order valence-electron chi connectivity index (χ3n) is 16.8. The van der Waals surface area contributed by atoms with Gasteiger partial charge in [0.2, 0.25) is 0 Å². The Hall–Kier alpha value is -1.94. The molecule has 3 unspecified atom stereocenters. The molecule has 0 aromatic rings. The zero-order valence-electron chi connectivity index (χ0n) is 58.4. The lowest BCUT2D eigenvalue weighted by Crippen LogP contribution is -2.30. The molecule has 0 spiro atoms. The maximum Gasteiger partial charge on any atom is 0.472 e. The van der Waals surface area contributed by atoms with Gasteiger partial charge in [-0.3, -0.25) is 37.3 Å². The molecule has 0 aromatic carbocycles. The van der Waals surface area contributed by atoms with Crippen LogP contribution in [0.15, 0.2) is 0 Å². The summed E-state index contributed by atoms with van der Waals surface area (Å²) < 4.78 is 68.3. The largest absolute Gasteiger partial charge is 0.472 e. The van der Waals surface area contributed by atoms with Crippen LogP contribution in [0.2, 0.25) is 0 Å². The van der Waals surface area contributed by atoms with Crippen molar-refractivity contribution < 1.29 is 80.2 Å². The van der Waals surface area contributed by atoms with Gasteiger partial charge < -0.3 is 33.8 Å². The summed E-state index contributed by atoms with van der Waals surface area (Å²) in [5.74, 6) is -0.601. The van der Waals surface area contributed by atoms with Crippen molar-refractivity contribution in [3.63, 3.8) is 0 Å². The average Bonchev–Trinajstić information content (AvgIpc) is 3.34. The van der Waals surface area contributed by atoms with Crippen molar-refractivity contribution in [3.05, 3.63) is 0 Å². The first kappa shape index (κ1) is 88.1. The molecule has 534 valence electrons. The van der Waals surface area contributed by atoms with Gasteiger partial charge in [-0.15, -0.1) is 0 Å². The summed E-state index contributed by atoms with van der Waals surface area (Å²) in [5.41, 5.74) is 0. The van der Waals surface area contributed by atoms with E-state index < -0.39 is 97.5 Å². The van der Waals surface area contributed by atoms with E-state index in [0.717, 1.165) is 102 Å². The molecule has 0 saturated heterocycles. The normalized spacial score (nSPS) is 14.4. The fourth-order valence-electron chi connectivity index (χ4n) is 10.7. The molecule has 0 radical (unpaired) electrons. The Morgan fingerprint density at radius 3 is 0.844 bits per heavy atom. The van der Waals surface area contributed by atoms with Gasteiger partial charge in [0.1, 0.15) is 19.3 Å². The summed E-state index contributed by atoms with van der Waals surface area (Å²) in [5, 5.41) is 10.6. The van der Waals surface area contributed by atoms with Crippen LogP contribution in [0.3, 0.4) is 0 Å². The van der Waals surface area contributed by atoms with Gasteiger partial charge >= 0.3 is 39.5 Å². The first-order valence-corrected chi connectivity index (χ1v) is 40.0. The lowest BCUT2D eigenvalue weighted by molar-refractivity contribution is -0.161. The van der Waals surface area contributed by atoms with Crippen LogP contribution in [0.5, 0.6) is 0 Å². The lowest BCUT2D eigenvalue weighted by Gasteiger charge is -2.21. The first-order valence-electron chi connectivity index (χ1n) is 37.0. The number of ether oxygens (including phenoxy) is 4. The molecule has 0 heterocycles. The molecule has 0 amide bonds. The Labute approximate surface area is 549 Å². The van der Waals surface area contributed by atoms with E-state index in [2.05, 4.69) is 41.5 Å². The number of carbonyl (C=O) groups excluding carboxylic acids is 4. The van der Waals surface area contributed by atoms with Crippen LogP contribution in [0.1, 0.15) is 363 Å². The highest BCUT2D eigenvalue weighted by Crippen LogP contribution is 2.45. The maximum atomic E-state index is 13.0. The monoisotopic (exact) mass is 1320 g/mol. The van der Waals surface area contributed by atoms with Gasteiger partial charge in [-0.05, 0) is 37.5 Å². The van der Waals surface area contributed by atoms with E-state index >= 15 is 0 Å². The van der Waals surface area contributed by atoms with Crippen molar-refractivity contribution in [2.24, 2.45) is 11.8 Å². The van der Waals surface area contributed by atoms with Crippen LogP contribution in [-0.4, -0.2) is 96.7 Å². The molecular formula is C71H138O17P2. The quantitative estimate of drug-likeness (QED) is 0.0222. The number of hydrogen-bond acceptors (Lipinski definition) is 15. The lowest BCUT2D eigenvalue weighted by atomic mass is 9.99. The van der Waals surface area contributed by atoms with Crippen LogP contribution < -0.4 is 0 Å². The fourth-order valence-corrected chi connectivity index (χ4v) is 12.3. The van der Waals surface area contributed by atoms with E-state index in [1.807, 2.05) is 0 Å². The molecule has 0 rings (SSSR count). The van der Waals surface area contributed by atoms with Gasteiger partial charge in [0.15, 0.2) is 12.2 Å². The second-order valence-electron chi connectivity index (χ2n) is 26.3. The van der Waals surface area contributed by atoms with Crippen LogP contribution in [-0.2, 0) is 65.4 Å². The van der Waals surface area contributed by atoms with Gasteiger partial charge in [0.25, 0.3) is 0 Å². The molecule has 3 N–H and O–H groups in total. The molecule has 19 heteroatoms. The molecular weight excluding hydrogens is 1190 g/mol. The molecule has 0 aliphatic rings. The standard InChI is InChI=1S/C71H138O17P2/c1-7-10-12-14-16-18-20-21-22-24-29-36-42-48-54-69(74)82-59-66(87-70(75)55-49-43-37-30-26-25-27-34-40-46-52-64(6)9-3)61-85-89(77,78)83-57-65(72)58-84-90(79,80)86-62-67(88-71(76)56-50-44-38-32-31-33-39-45-51-63(4)5)60-81-68(73)53-47-41-35-28-23-19-17-15-13-11-8-2/h63-67,72H,7-62H2,1-6H3,(H,77,78)(H,79,80)/t64?,65-,66-,67-/m1/s1. The zero-order valence-corrected chi connectivity index (χ0v) is 60.2. The minimum atomic E-state index is -4.95. The summed E-state index contributed by atoms with van der Waals surface area (Å²) in [6.07, 6.45) is 48.4. The summed E-state index contributed by atoms with van der Waals surface area (Å²) >= 11 is 0. The Morgan fingerprint density at radius 1 is 0.322 bits per heavy atom. The van der Waals surface area contributed by atoms with Crippen LogP contribution in [0, 0.1) is 11.8 Å². The molecule has 0 fully saturated rings. The molecule has 0 saturated carbocycles. The molecule has 0 aliphatic carbocycles. The summed E-state index contributed by atoms with van der Waals surface area (Å²) in [4.78, 5) is 72.6. The van der Waals surface area contributed by atoms with Gasteiger partial charge in [-0.2, -0.15) is 0 Å². The smallest absolute Gasteiger partial charge is 0.462 e. The van der Waals surface area contributed by atoms with Crippen molar-refractivity contribution in [2.75, 3.05) is 39.6 Å². The van der Waals surface area contributed by atoms with Gasteiger partial charge in [0.05, 0.1) is 26.4 Å². The minimum absolute atomic E-state index is 0.105. The number of aliphatic hydroxyl groups is 1. The SMILES string of the molecule is CCCCCCCCCCCCCCCCC(=O)OC[C@H](COP(=O)(O)OC[C@@H](O)COP(=O)(O)OC[C@@H](COC(=O)CCCCCCCCCCCCC)OC(=O)CCCCCCCCCCC(C)C)OC(=O)CCCCCCCCCCCCC(C)CC. The third kappa shape index (κ3) is 63.5. The van der Waals surface area contributed by atoms with Crippen LogP contribution in [0.25, 0.3) is 0 Å². The van der Waals surface area contributed by atoms with E-state index in [9.17, 15) is 43.2 Å². The van der Waals surface area contributed by atoms with E-state index in [1.165, 1.54) is 180 Å². The summed E-state index contributed by atoms with van der Waals surface area (Å²) in [6.45, 7) is 9.54. The molecule has 0 bridgehead atoms. The van der Waals surface area contributed by atoms with E-state index in [1.54, 1.807) is 0 Å². The minimum Gasteiger partial charge on any atom is -0.462 e. The van der Waals surface area contributed by atoms with Crippen molar-refractivity contribution in [1.82, 2.24) is 0 Å². The first-order chi connectivity index (χ1) is 43.4. The number of hydrogen-bond donors (Lipinski definition) is 3. The summed E-state index contributed by atoms with van der Waals surface area (Å²) in [6, 6.07) is 0. The number of aliphatic hydroxyl groups excluding tert-OH is 1. The topological polar surface area (TPSA) is 237 Å². The van der Waals surface area contributed by atoms with Crippen molar-refractivity contribution in [3.8, 4) is 0 Å². The highest BCUT2D eigenvalue weighted by atomic mass is 31.2. The predicted molar refractivity (Wildman–Crippen MR) is 363 cm³/mol. The van der Waals surface area contributed by atoms with Crippen molar-refractivity contribution >= 4 is 39.5 Å². The average molecular weight is 1330 g/mol. The molecule has 6 atom stereocenters. The number of phosphoric ester groups is 2. The Balaban J connectivity index is 5.26. The third-order valence-corrected chi connectivity index (χ3v) is 18.7. The van der Waals surface area contributed by atoms with E-state index in [-0.39, 0.29) is 25.7 Å². The number of rotatable bonds is 70. The molecule has 90 heavy (non-hydrogen) atoms. The van der Waals surface area contributed by atoms with E-state index in [0.29, 0.717) is 25.7 Å².